The highest BCUT2D eigenvalue weighted by atomic mass is 35.5. The van der Waals surface area contributed by atoms with Crippen LogP contribution >= 0.6 is 11.6 Å². The molecule has 0 unspecified atom stereocenters. The number of pyridine rings is 1. The van der Waals surface area contributed by atoms with E-state index in [1.807, 2.05) is 0 Å². The van der Waals surface area contributed by atoms with Crippen LogP contribution in [0.2, 0.25) is 0 Å². The van der Waals surface area contributed by atoms with Crippen LogP contribution in [0.4, 0.5) is 0 Å². The lowest BCUT2D eigenvalue weighted by Gasteiger charge is -2.05. The molecule has 1 amide bonds. The zero-order valence-corrected chi connectivity index (χ0v) is 8.76. The maximum Gasteiger partial charge on any atom is 0.251 e. The van der Waals surface area contributed by atoms with E-state index in [1.165, 1.54) is 0 Å². The lowest BCUT2D eigenvalue weighted by atomic mass is 10.2. The molecule has 0 spiro atoms. The minimum atomic E-state index is -0.171. The number of halogens is 1. The Hall–Kier alpha value is -1.29. The van der Waals surface area contributed by atoms with Gasteiger partial charge in [-0.05, 0) is 13.0 Å². The van der Waals surface area contributed by atoms with E-state index < -0.39 is 0 Å². The third kappa shape index (κ3) is 2.60. The quantitative estimate of drug-likeness (QED) is 0.773. The Balaban J connectivity index is 3.00. The smallest absolute Gasteiger partial charge is 0.251 e. The molecule has 1 heterocycles. The lowest BCUT2D eigenvalue weighted by Crippen LogP contribution is -2.18. The van der Waals surface area contributed by atoms with Crippen molar-refractivity contribution < 1.29 is 9.53 Å². The summed E-state index contributed by atoms with van der Waals surface area (Å²) in [5, 5.41) is 2.52. The summed E-state index contributed by atoms with van der Waals surface area (Å²) in [7, 11) is 1.57. The predicted octanol–water partition coefficient (Wildman–Crippen LogP) is 1.32. The molecule has 0 aliphatic heterocycles. The van der Waals surface area contributed by atoms with Crippen molar-refractivity contribution in [1.82, 2.24) is 10.3 Å². The normalized spacial score (nSPS) is 9.64. The van der Waals surface area contributed by atoms with Crippen LogP contribution < -0.4 is 10.1 Å². The Bertz CT molecular complexity index is 342. The van der Waals surface area contributed by atoms with Gasteiger partial charge < -0.3 is 10.1 Å². The average Bonchev–Trinajstić information content (AvgIpc) is 2.16. The highest BCUT2D eigenvalue weighted by Gasteiger charge is 2.06. The van der Waals surface area contributed by atoms with Crippen LogP contribution in [-0.2, 0) is 0 Å². The van der Waals surface area contributed by atoms with Crippen molar-refractivity contribution in [3.63, 3.8) is 0 Å². The average molecular weight is 215 g/mol. The van der Waals surface area contributed by atoms with E-state index >= 15 is 0 Å². The summed E-state index contributed by atoms with van der Waals surface area (Å²) in [6.07, 6.45) is 0. The number of amides is 1. The Morgan fingerprint density at radius 1 is 1.64 bits per heavy atom. The summed E-state index contributed by atoms with van der Waals surface area (Å²) in [6, 6.07) is 3.25. The molecule has 1 N–H and O–H groups in total. The molecular weight excluding hydrogens is 204 g/mol. The summed E-state index contributed by atoms with van der Waals surface area (Å²) in [5.74, 6) is 0.188. The molecule has 0 bridgehead atoms. The molecule has 0 atom stereocenters. The van der Waals surface area contributed by atoms with Gasteiger partial charge in [0, 0.05) is 24.4 Å². The van der Waals surface area contributed by atoms with Gasteiger partial charge in [0.1, 0.15) is 0 Å². The van der Waals surface area contributed by atoms with Crippen LogP contribution in [0.25, 0.3) is 0 Å². The topological polar surface area (TPSA) is 51.2 Å². The zero-order chi connectivity index (χ0) is 10.6. The number of carbonyl (C=O) groups excluding carboxylic acids is 1. The highest BCUT2D eigenvalue weighted by molar-refractivity contribution is 6.17. The van der Waals surface area contributed by atoms with Gasteiger partial charge in [0.15, 0.2) is 6.07 Å². The first kappa shape index (κ1) is 10.8. The highest BCUT2D eigenvalue weighted by Crippen LogP contribution is 2.12. The van der Waals surface area contributed by atoms with Crippen LogP contribution in [0.15, 0.2) is 12.1 Å². The van der Waals surface area contributed by atoms with Gasteiger partial charge in [-0.2, -0.15) is 0 Å². The summed E-state index contributed by atoms with van der Waals surface area (Å²) >= 11 is 5.39. The largest absolute Gasteiger partial charge is 0.461 e. The number of rotatable bonds is 3. The molecule has 4 nitrogen and oxygen atoms in total. The fourth-order valence-electron chi connectivity index (χ4n) is 1.04. The fraction of sp³-hybridized carbons (Fsp3) is 0.333. The van der Waals surface area contributed by atoms with Crippen LogP contribution in [0, 0.1) is 6.92 Å². The van der Waals surface area contributed by atoms with E-state index in [2.05, 4.69) is 10.3 Å². The maximum absolute atomic E-state index is 11.3. The summed E-state index contributed by atoms with van der Waals surface area (Å²) in [4.78, 5) is 15.3. The molecule has 0 aromatic carbocycles. The van der Waals surface area contributed by atoms with Crippen molar-refractivity contribution in [3.05, 3.63) is 23.4 Å². The first-order valence-electron chi connectivity index (χ1n) is 4.07. The predicted molar refractivity (Wildman–Crippen MR) is 53.7 cm³/mol. The van der Waals surface area contributed by atoms with E-state index in [9.17, 15) is 4.79 Å². The number of aryl methyl sites for hydroxylation is 1. The van der Waals surface area contributed by atoms with Crippen molar-refractivity contribution in [2.24, 2.45) is 0 Å². The van der Waals surface area contributed by atoms with Crippen molar-refractivity contribution in [3.8, 4) is 5.88 Å². The van der Waals surface area contributed by atoms with Gasteiger partial charge in [-0.1, -0.05) is 11.6 Å². The Morgan fingerprint density at radius 3 is 2.93 bits per heavy atom. The molecular formula is C9H11ClN2O2. The van der Waals surface area contributed by atoms with E-state index in [1.54, 1.807) is 26.1 Å². The number of nitrogens with one attached hydrogen (secondary N) is 1. The molecule has 0 saturated carbocycles. The lowest BCUT2D eigenvalue weighted by molar-refractivity contribution is 0.0962. The number of alkyl halides is 1. The standard InChI is InChI=1S/C9H11ClN2O2/c1-6-3-7(9(13)11-2)4-8(12-6)14-5-10/h3-4H,5H2,1-2H3,(H,11,13). The molecule has 0 saturated heterocycles. The fourth-order valence-corrected chi connectivity index (χ4v) is 1.16. The van der Waals surface area contributed by atoms with Crippen LogP contribution in [0.1, 0.15) is 16.1 Å². The van der Waals surface area contributed by atoms with E-state index in [-0.39, 0.29) is 12.0 Å². The molecule has 0 aliphatic rings. The molecule has 5 heteroatoms. The van der Waals surface area contributed by atoms with Gasteiger partial charge in [0.25, 0.3) is 5.91 Å². The number of hydrogen-bond donors (Lipinski definition) is 1. The second-order valence-corrected chi connectivity index (χ2v) is 2.89. The molecule has 1 aromatic heterocycles. The second-order valence-electron chi connectivity index (χ2n) is 2.67. The summed E-state index contributed by atoms with van der Waals surface area (Å²) in [5.41, 5.74) is 1.23. The molecule has 0 radical (unpaired) electrons. The molecule has 1 aromatic rings. The third-order valence-electron chi connectivity index (χ3n) is 1.62. The number of aromatic nitrogens is 1. The van der Waals surface area contributed by atoms with Crippen molar-refractivity contribution in [2.75, 3.05) is 13.1 Å². The first-order chi connectivity index (χ1) is 6.67. The van der Waals surface area contributed by atoms with Crippen LogP contribution in [0.5, 0.6) is 5.88 Å². The summed E-state index contributed by atoms with van der Waals surface area (Å²) in [6.45, 7) is 1.79. The van der Waals surface area contributed by atoms with Crippen LogP contribution in [0.3, 0.4) is 0 Å². The van der Waals surface area contributed by atoms with Crippen molar-refractivity contribution in [1.29, 1.82) is 0 Å². The molecule has 14 heavy (non-hydrogen) atoms. The molecule has 76 valence electrons. The Kier molecular flexibility index (Phi) is 3.71. The van der Waals surface area contributed by atoms with E-state index in [0.717, 1.165) is 0 Å². The van der Waals surface area contributed by atoms with Gasteiger partial charge in [-0.3, -0.25) is 4.79 Å². The van der Waals surface area contributed by atoms with Gasteiger partial charge in [0.2, 0.25) is 5.88 Å². The SMILES string of the molecule is CNC(=O)c1cc(C)nc(OCCl)c1. The van der Waals surface area contributed by atoms with Crippen molar-refractivity contribution in [2.45, 2.75) is 6.92 Å². The minimum Gasteiger partial charge on any atom is -0.461 e. The van der Waals surface area contributed by atoms with E-state index in [4.69, 9.17) is 16.3 Å². The Labute approximate surface area is 87.2 Å². The monoisotopic (exact) mass is 214 g/mol. The Morgan fingerprint density at radius 2 is 2.36 bits per heavy atom. The minimum absolute atomic E-state index is 0.0175. The van der Waals surface area contributed by atoms with Crippen molar-refractivity contribution >= 4 is 17.5 Å². The number of carbonyl (C=O) groups is 1. The number of hydrogen-bond acceptors (Lipinski definition) is 3. The van der Waals surface area contributed by atoms with Gasteiger partial charge >= 0.3 is 0 Å². The first-order valence-corrected chi connectivity index (χ1v) is 4.60. The van der Waals surface area contributed by atoms with Gasteiger partial charge in [-0.15, -0.1) is 0 Å². The second kappa shape index (κ2) is 4.81. The number of nitrogens with zero attached hydrogens (tertiary/aromatic N) is 1. The zero-order valence-electron chi connectivity index (χ0n) is 8.00. The third-order valence-corrected chi connectivity index (χ3v) is 1.73. The molecule has 0 aliphatic carbocycles. The van der Waals surface area contributed by atoms with Crippen LogP contribution in [-0.4, -0.2) is 24.0 Å². The molecule has 1 rings (SSSR count). The number of ether oxygens (including phenoxy) is 1. The maximum atomic E-state index is 11.3. The summed E-state index contributed by atoms with van der Waals surface area (Å²) < 4.78 is 5.00. The van der Waals surface area contributed by atoms with E-state index in [0.29, 0.717) is 17.1 Å². The van der Waals surface area contributed by atoms with Gasteiger partial charge in [-0.25, -0.2) is 4.98 Å². The van der Waals surface area contributed by atoms with Gasteiger partial charge in [0.05, 0.1) is 0 Å². The molecule has 0 fully saturated rings.